The molecule has 3 aromatic rings. The van der Waals surface area contributed by atoms with Crippen LogP contribution < -0.4 is 10.6 Å². The van der Waals surface area contributed by atoms with E-state index in [1.165, 1.54) is 13.3 Å². The highest BCUT2D eigenvalue weighted by Crippen LogP contribution is 2.21. The number of carbonyl (C=O) groups is 2. The fraction of sp³-hybridized carbons (Fsp3) is 0.0952. The summed E-state index contributed by atoms with van der Waals surface area (Å²) in [4.78, 5) is 28.4. The smallest absolute Gasteiger partial charge is 0.339 e. The number of esters is 1. The minimum Gasteiger partial charge on any atom is -0.465 e. The number of anilines is 2. The van der Waals surface area contributed by atoms with Gasteiger partial charge in [-0.2, -0.15) is 0 Å². The average Bonchev–Trinajstić information content (AvgIpc) is 2.73. The lowest BCUT2D eigenvalue weighted by molar-refractivity contribution is 0.0601. The molecule has 7 heteroatoms. The third-order valence-corrected chi connectivity index (χ3v) is 4.23. The fourth-order valence-corrected chi connectivity index (χ4v) is 2.68. The molecule has 0 bridgehead atoms. The summed E-state index contributed by atoms with van der Waals surface area (Å²) in [7, 11) is 1.33. The van der Waals surface area contributed by atoms with Gasteiger partial charge in [-0.25, -0.2) is 4.79 Å². The topological polar surface area (TPSA) is 80.3 Å². The van der Waals surface area contributed by atoms with E-state index in [4.69, 9.17) is 16.3 Å². The Bertz CT molecular complexity index is 990. The van der Waals surface area contributed by atoms with Gasteiger partial charge in [-0.1, -0.05) is 35.9 Å². The first-order valence-electron chi connectivity index (χ1n) is 8.49. The molecule has 0 saturated carbocycles. The van der Waals surface area contributed by atoms with E-state index < -0.39 is 5.97 Å². The standard InChI is InChI=1S/C21H18ClN3O3/c1-28-21(27)18-4-2-3-5-19(18)25-17-10-15(12-23-13-17)20(26)24-11-14-6-8-16(22)9-7-14/h2-10,12-13,25H,11H2,1H3,(H,24,26). The molecular formula is C21H18ClN3O3. The van der Waals surface area contributed by atoms with Crippen LogP contribution in [0.4, 0.5) is 11.4 Å². The molecule has 3 rings (SSSR count). The van der Waals surface area contributed by atoms with E-state index in [2.05, 4.69) is 15.6 Å². The number of para-hydroxylation sites is 1. The van der Waals surface area contributed by atoms with E-state index in [9.17, 15) is 9.59 Å². The number of nitrogens with one attached hydrogen (secondary N) is 2. The van der Waals surface area contributed by atoms with E-state index >= 15 is 0 Å². The van der Waals surface area contributed by atoms with Crippen LogP contribution in [-0.4, -0.2) is 24.0 Å². The molecule has 0 aliphatic heterocycles. The number of benzene rings is 2. The quantitative estimate of drug-likeness (QED) is 0.611. The van der Waals surface area contributed by atoms with Crippen molar-refractivity contribution in [3.63, 3.8) is 0 Å². The first-order valence-corrected chi connectivity index (χ1v) is 8.86. The zero-order valence-corrected chi connectivity index (χ0v) is 15.9. The van der Waals surface area contributed by atoms with Crippen LogP contribution in [0.25, 0.3) is 0 Å². The number of aromatic nitrogens is 1. The predicted molar refractivity (Wildman–Crippen MR) is 108 cm³/mol. The van der Waals surface area contributed by atoms with Crippen molar-refractivity contribution in [2.75, 3.05) is 12.4 Å². The Morgan fingerprint density at radius 3 is 2.57 bits per heavy atom. The summed E-state index contributed by atoms with van der Waals surface area (Å²) < 4.78 is 4.79. The van der Waals surface area contributed by atoms with Crippen molar-refractivity contribution in [2.24, 2.45) is 0 Å². The van der Waals surface area contributed by atoms with Gasteiger partial charge in [0.05, 0.1) is 35.8 Å². The zero-order chi connectivity index (χ0) is 19.9. The molecule has 0 unspecified atom stereocenters. The second kappa shape index (κ2) is 9.01. The highest BCUT2D eigenvalue weighted by Gasteiger charge is 2.12. The number of halogens is 1. The van der Waals surface area contributed by atoms with Crippen molar-refractivity contribution in [1.82, 2.24) is 10.3 Å². The van der Waals surface area contributed by atoms with E-state index in [0.29, 0.717) is 34.1 Å². The Kier molecular flexibility index (Phi) is 6.24. The van der Waals surface area contributed by atoms with Gasteiger partial charge in [0.25, 0.3) is 5.91 Å². The maximum Gasteiger partial charge on any atom is 0.339 e. The molecule has 0 aliphatic carbocycles. The van der Waals surface area contributed by atoms with Gasteiger partial charge in [-0.3, -0.25) is 9.78 Å². The number of hydrogen-bond acceptors (Lipinski definition) is 5. The van der Waals surface area contributed by atoms with Crippen LogP contribution in [-0.2, 0) is 11.3 Å². The highest BCUT2D eigenvalue weighted by atomic mass is 35.5. The van der Waals surface area contributed by atoms with Crippen molar-refractivity contribution in [3.05, 3.63) is 88.7 Å². The van der Waals surface area contributed by atoms with Crippen LogP contribution in [0.15, 0.2) is 67.0 Å². The van der Waals surface area contributed by atoms with Gasteiger partial charge in [0.15, 0.2) is 0 Å². The lowest BCUT2D eigenvalue weighted by atomic mass is 10.1. The SMILES string of the molecule is COC(=O)c1ccccc1Nc1cncc(C(=O)NCc2ccc(Cl)cc2)c1. The van der Waals surface area contributed by atoms with Crippen LogP contribution in [0.1, 0.15) is 26.3 Å². The van der Waals surface area contributed by atoms with Crippen molar-refractivity contribution < 1.29 is 14.3 Å². The molecule has 6 nitrogen and oxygen atoms in total. The number of carbonyl (C=O) groups excluding carboxylic acids is 2. The second-order valence-corrected chi connectivity index (χ2v) is 6.37. The molecule has 0 radical (unpaired) electrons. The fourth-order valence-electron chi connectivity index (χ4n) is 2.55. The average molecular weight is 396 g/mol. The first-order chi connectivity index (χ1) is 13.6. The van der Waals surface area contributed by atoms with Crippen molar-refractivity contribution in [1.29, 1.82) is 0 Å². The van der Waals surface area contributed by atoms with E-state index in [1.807, 2.05) is 12.1 Å². The number of rotatable bonds is 6. The molecule has 0 atom stereocenters. The minimum atomic E-state index is -0.451. The van der Waals surface area contributed by atoms with Crippen molar-refractivity contribution >= 4 is 34.9 Å². The lowest BCUT2D eigenvalue weighted by Crippen LogP contribution is -2.23. The Hall–Kier alpha value is -3.38. The summed E-state index contributed by atoms with van der Waals surface area (Å²) in [6, 6.07) is 15.9. The number of pyridine rings is 1. The summed E-state index contributed by atoms with van der Waals surface area (Å²) in [6.07, 6.45) is 3.05. The van der Waals surface area contributed by atoms with Crippen LogP contribution >= 0.6 is 11.6 Å². The number of amides is 1. The Morgan fingerprint density at radius 2 is 1.82 bits per heavy atom. The highest BCUT2D eigenvalue weighted by molar-refractivity contribution is 6.30. The molecule has 0 fully saturated rings. The van der Waals surface area contributed by atoms with Gasteiger partial charge < -0.3 is 15.4 Å². The maximum atomic E-state index is 12.4. The van der Waals surface area contributed by atoms with Crippen LogP contribution in [0.3, 0.4) is 0 Å². The molecule has 0 aliphatic rings. The Labute approximate surface area is 167 Å². The van der Waals surface area contributed by atoms with Crippen molar-refractivity contribution in [3.8, 4) is 0 Å². The second-order valence-electron chi connectivity index (χ2n) is 5.93. The number of nitrogens with zero attached hydrogens (tertiary/aromatic N) is 1. The van der Waals surface area contributed by atoms with Gasteiger partial charge in [-0.05, 0) is 35.9 Å². The number of hydrogen-bond donors (Lipinski definition) is 2. The normalized spacial score (nSPS) is 10.2. The molecule has 28 heavy (non-hydrogen) atoms. The Morgan fingerprint density at radius 1 is 1.07 bits per heavy atom. The van der Waals surface area contributed by atoms with Crippen LogP contribution in [0.2, 0.25) is 5.02 Å². The molecule has 1 amide bonds. The predicted octanol–water partition coefficient (Wildman–Crippen LogP) is 4.20. The van der Waals surface area contributed by atoms with E-state index in [1.54, 1.807) is 48.7 Å². The molecule has 142 valence electrons. The summed E-state index contributed by atoms with van der Waals surface area (Å²) in [5, 5.41) is 6.59. The lowest BCUT2D eigenvalue weighted by Gasteiger charge is -2.11. The molecule has 2 N–H and O–H groups in total. The summed E-state index contributed by atoms with van der Waals surface area (Å²) in [6.45, 7) is 0.374. The van der Waals surface area contributed by atoms with E-state index in [-0.39, 0.29) is 5.91 Å². The van der Waals surface area contributed by atoms with Gasteiger partial charge >= 0.3 is 5.97 Å². The zero-order valence-electron chi connectivity index (χ0n) is 15.1. The van der Waals surface area contributed by atoms with Crippen LogP contribution in [0.5, 0.6) is 0 Å². The minimum absolute atomic E-state index is 0.257. The van der Waals surface area contributed by atoms with Gasteiger partial charge in [0, 0.05) is 17.8 Å². The summed E-state index contributed by atoms with van der Waals surface area (Å²) >= 11 is 5.86. The van der Waals surface area contributed by atoms with E-state index in [0.717, 1.165) is 5.56 Å². The third kappa shape index (κ3) is 4.86. The maximum absolute atomic E-state index is 12.4. The van der Waals surface area contributed by atoms with Crippen LogP contribution in [0, 0.1) is 0 Å². The molecule has 1 aromatic heterocycles. The summed E-state index contributed by atoms with van der Waals surface area (Å²) in [5.41, 5.74) is 2.87. The Balaban J connectivity index is 1.71. The molecule has 0 spiro atoms. The molecule has 1 heterocycles. The number of methoxy groups -OCH3 is 1. The monoisotopic (exact) mass is 395 g/mol. The summed E-state index contributed by atoms with van der Waals surface area (Å²) in [5.74, 6) is -0.708. The third-order valence-electron chi connectivity index (χ3n) is 3.98. The molecule has 2 aromatic carbocycles. The molecule has 0 saturated heterocycles. The van der Waals surface area contributed by atoms with Gasteiger partial charge in [-0.15, -0.1) is 0 Å². The first kappa shape index (κ1) is 19.4. The van der Waals surface area contributed by atoms with Crippen molar-refractivity contribution in [2.45, 2.75) is 6.54 Å². The van der Waals surface area contributed by atoms with Gasteiger partial charge in [0.1, 0.15) is 0 Å². The number of ether oxygens (including phenoxy) is 1. The molecular weight excluding hydrogens is 378 g/mol. The largest absolute Gasteiger partial charge is 0.465 e. The van der Waals surface area contributed by atoms with Gasteiger partial charge in [0.2, 0.25) is 0 Å².